The summed E-state index contributed by atoms with van der Waals surface area (Å²) in [6.45, 7) is 4.20. The van der Waals surface area contributed by atoms with Crippen LogP contribution in [0.2, 0.25) is 0 Å². The number of rotatable bonds is 3. The second-order valence-electron chi connectivity index (χ2n) is 2.86. The van der Waals surface area contributed by atoms with Gasteiger partial charge < -0.3 is 4.74 Å². The minimum atomic E-state index is 0.777. The van der Waals surface area contributed by atoms with Crippen molar-refractivity contribution in [3.8, 4) is 5.75 Å². The largest absolute Gasteiger partial charge is 0.496 e. The van der Waals surface area contributed by atoms with Crippen molar-refractivity contribution in [3.63, 3.8) is 0 Å². The summed E-state index contributed by atoms with van der Waals surface area (Å²) in [6.07, 6.45) is 0. The van der Waals surface area contributed by atoms with Crippen molar-refractivity contribution in [1.82, 2.24) is 0 Å². The number of thioether (sulfide) groups is 1. The second-order valence-corrected chi connectivity index (χ2v) is 4.62. The summed E-state index contributed by atoms with van der Waals surface area (Å²) < 4.78 is 5.28. The highest BCUT2D eigenvalue weighted by atomic mass is 32.2. The Kier molecular flexibility index (Phi) is 4.00. The molecule has 72 valence electrons. The van der Waals surface area contributed by atoms with Gasteiger partial charge in [-0.3, -0.25) is 0 Å². The van der Waals surface area contributed by atoms with E-state index in [-0.39, 0.29) is 0 Å². The Hall–Kier alpha value is -0.280. The fourth-order valence-corrected chi connectivity index (χ4v) is 2.21. The van der Waals surface area contributed by atoms with E-state index in [1.807, 2.05) is 0 Å². The fourth-order valence-electron chi connectivity index (χ4n) is 1.11. The summed E-state index contributed by atoms with van der Waals surface area (Å²) >= 11 is 5.87. The molecule has 1 aromatic carbocycles. The van der Waals surface area contributed by atoms with Crippen molar-refractivity contribution >= 4 is 24.4 Å². The molecule has 3 heteroatoms. The van der Waals surface area contributed by atoms with Crippen LogP contribution in [0, 0.1) is 13.8 Å². The molecule has 0 bridgehead atoms. The van der Waals surface area contributed by atoms with Gasteiger partial charge in [0.2, 0.25) is 0 Å². The molecule has 0 saturated carbocycles. The van der Waals surface area contributed by atoms with Crippen LogP contribution >= 0.6 is 24.4 Å². The summed E-state index contributed by atoms with van der Waals surface area (Å²) in [7, 11) is 1.70. The summed E-state index contributed by atoms with van der Waals surface area (Å²) in [4.78, 5) is 1.17. The van der Waals surface area contributed by atoms with Gasteiger partial charge in [-0.2, -0.15) is 12.6 Å². The second kappa shape index (κ2) is 4.82. The Bertz CT molecular complexity index is 297. The molecule has 0 unspecified atom stereocenters. The summed E-state index contributed by atoms with van der Waals surface area (Å²) in [5, 5.41) is 0.777. The number of hydrogen-bond donors (Lipinski definition) is 1. The molecule has 0 aromatic heterocycles. The molecule has 0 N–H and O–H groups in total. The first kappa shape index (κ1) is 10.8. The molecule has 0 spiro atoms. The monoisotopic (exact) mass is 214 g/mol. The molecule has 1 rings (SSSR count). The molecule has 0 fully saturated rings. The third kappa shape index (κ3) is 2.58. The van der Waals surface area contributed by atoms with Crippen LogP contribution in [0.3, 0.4) is 0 Å². The Balaban J connectivity index is 3.09. The van der Waals surface area contributed by atoms with E-state index in [1.165, 1.54) is 16.0 Å². The molecular formula is C10H14OS2. The molecule has 0 atom stereocenters. The van der Waals surface area contributed by atoms with Crippen LogP contribution < -0.4 is 4.74 Å². The van der Waals surface area contributed by atoms with Gasteiger partial charge in [0.15, 0.2) is 0 Å². The van der Waals surface area contributed by atoms with E-state index in [9.17, 15) is 0 Å². The molecule has 0 aliphatic carbocycles. The van der Waals surface area contributed by atoms with Gasteiger partial charge in [0.25, 0.3) is 0 Å². The molecular weight excluding hydrogens is 200 g/mol. The SMILES string of the molecule is COc1cc(C)c(C)cc1SCS. The van der Waals surface area contributed by atoms with Crippen LogP contribution in [0.15, 0.2) is 17.0 Å². The van der Waals surface area contributed by atoms with Crippen molar-refractivity contribution in [2.24, 2.45) is 0 Å². The smallest absolute Gasteiger partial charge is 0.132 e. The van der Waals surface area contributed by atoms with Crippen LogP contribution in [0.25, 0.3) is 0 Å². The van der Waals surface area contributed by atoms with Gasteiger partial charge in [0, 0.05) is 5.08 Å². The normalized spacial score (nSPS) is 10.2. The predicted octanol–water partition coefficient (Wildman–Crippen LogP) is 3.29. The molecule has 1 nitrogen and oxygen atoms in total. The first-order chi connectivity index (χ1) is 6.19. The molecule has 0 aliphatic rings. The van der Waals surface area contributed by atoms with Crippen molar-refractivity contribution in [3.05, 3.63) is 23.3 Å². The number of methoxy groups -OCH3 is 1. The van der Waals surface area contributed by atoms with Gasteiger partial charge >= 0.3 is 0 Å². The van der Waals surface area contributed by atoms with Crippen molar-refractivity contribution < 1.29 is 4.74 Å². The lowest BCUT2D eigenvalue weighted by Crippen LogP contribution is -1.90. The highest BCUT2D eigenvalue weighted by Crippen LogP contribution is 2.32. The molecule has 0 aliphatic heterocycles. The van der Waals surface area contributed by atoms with Gasteiger partial charge in [0.05, 0.1) is 12.0 Å². The van der Waals surface area contributed by atoms with Gasteiger partial charge in [-0.05, 0) is 37.1 Å². The van der Waals surface area contributed by atoms with E-state index in [1.54, 1.807) is 18.9 Å². The van der Waals surface area contributed by atoms with Crippen LogP contribution in [-0.4, -0.2) is 12.2 Å². The van der Waals surface area contributed by atoms with Gasteiger partial charge in [-0.1, -0.05) is 0 Å². The maximum absolute atomic E-state index is 5.28. The third-order valence-corrected chi connectivity index (χ3v) is 3.15. The third-order valence-electron chi connectivity index (χ3n) is 2.00. The van der Waals surface area contributed by atoms with E-state index in [0.717, 1.165) is 10.8 Å². The number of benzene rings is 1. The summed E-state index contributed by atoms with van der Waals surface area (Å²) in [5.74, 6) is 0.946. The topological polar surface area (TPSA) is 9.23 Å². The summed E-state index contributed by atoms with van der Waals surface area (Å²) in [5.41, 5.74) is 2.56. The molecule has 0 amide bonds. The van der Waals surface area contributed by atoms with Crippen LogP contribution in [0.1, 0.15) is 11.1 Å². The zero-order valence-corrected chi connectivity index (χ0v) is 9.84. The zero-order valence-electron chi connectivity index (χ0n) is 8.13. The van der Waals surface area contributed by atoms with E-state index < -0.39 is 0 Å². The number of ether oxygens (including phenoxy) is 1. The maximum Gasteiger partial charge on any atom is 0.132 e. The van der Waals surface area contributed by atoms with E-state index in [4.69, 9.17) is 4.74 Å². The molecule has 13 heavy (non-hydrogen) atoms. The molecule has 1 aromatic rings. The highest BCUT2D eigenvalue weighted by Gasteiger charge is 2.04. The Morgan fingerprint density at radius 1 is 1.31 bits per heavy atom. The van der Waals surface area contributed by atoms with E-state index in [0.29, 0.717) is 0 Å². The minimum Gasteiger partial charge on any atom is -0.496 e. The van der Waals surface area contributed by atoms with Crippen LogP contribution in [0.5, 0.6) is 5.75 Å². The predicted molar refractivity (Wildman–Crippen MR) is 62.2 cm³/mol. The number of hydrogen-bond acceptors (Lipinski definition) is 3. The first-order valence-corrected chi connectivity index (χ1v) is 5.69. The quantitative estimate of drug-likeness (QED) is 0.470. The Morgan fingerprint density at radius 2 is 1.92 bits per heavy atom. The average Bonchev–Trinajstić information content (AvgIpc) is 2.11. The number of aryl methyl sites for hydroxylation is 2. The van der Waals surface area contributed by atoms with Crippen molar-refractivity contribution in [2.75, 3.05) is 12.2 Å². The lowest BCUT2D eigenvalue weighted by Gasteiger charge is -2.10. The van der Waals surface area contributed by atoms with Crippen LogP contribution in [-0.2, 0) is 0 Å². The molecule has 0 radical (unpaired) electrons. The van der Waals surface area contributed by atoms with E-state index >= 15 is 0 Å². The van der Waals surface area contributed by atoms with Crippen LogP contribution in [0.4, 0.5) is 0 Å². The zero-order chi connectivity index (χ0) is 9.84. The maximum atomic E-state index is 5.28. The van der Waals surface area contributed by atoms with Gasteiger partial charge in [-0.25, -0.2) is 0 Å². The van der Waals surface area contributed by atoms with Gasteiger partial charge in [0.1, 0.15) is 5.75 Å². The van der Waals surface area contributed by atoms with Crippen molar-refractivity contribution in [2.45, 2.75) is 18.7 Å². The average molecular weight is 214 g/mol. The summed E-state index contributed by atoms with van der Waals surface area (Å²) in [6, 6.07) is 4.22. The number of thiol groups is 1. The van der Waals surface area contributed by atoms with Crippen molar-refractivity contribution in [1.29, 1.82) is 0 Å². The highest BCUT2D eigenvalue weighted by molar-refractivity contribution is 8.09. The molecule has 0 saturated heterocycles. The Morgan fingerprint density at radius 3 is 2.46 bits per heavy atom. The first-order valence-electron chi connectivity index (χ1n) is 4.08. The minimum absolute atomic E-state index is 0.777. The van der Waals surface area contributed by atoms with Gasteiger partial charge in [-0.15, -0.1) is 11.8 Å². The van der Waals surface area contributed by atoms with E-state index in [2.05, 4.69) is 38.6 Å². The standard InChI is InChI=1S/C10H14OS2/c1-7-4-9(11-3)10(13-6-12)5-8(7)2/h4-5,12H,6H2,1-3H3. The lowest BCUT2D eigenvalue weighted by molar-refractivity contribution is 0.404. The fraction of sp³-hybridized carbons (Fsp3) is 0.400. The Labute approximate surface area is 89.3 Å². The molecule has 0 heterocycles. The lowest BCUT2D eigenvalue weighted by atomic mass is 10.1.